The van der Waals surface area contributed by atoms with Gasteiger partial charge in [-0.3, -0.25) is 4.79 Å². The molecule has 0 atom stereocenters. The van der Waals surface area contributed by atoms with Crippen LogP contribution in [-0.2, 0) is 4.79 Å². The molecule has 24 heavy (non-hydrogen) atoms. The van der Waals surface area contributed by atoms with Gasteiger partial charge in [-0.25, -0.2) is 0 Å². The Morgan fingerprint density at radius 1 is 0.958 bits per heavy atom. The maximum absolute atomic E-state index is 11.9. The quantitative estimate of drug-likeness (QED) is 0.670. The average molecular weight is 326 g/mol. The van der Waals surface area contributed by atoms with Crippen LogP contribution in [0.25, 0.3) is 0 Å². The number of hydrogen-bond acceptors (Lipinski definition) is 3. The number of ether oxygens (including phenoxy) is 1. The van der Waals surface area contributed by atoms with Gasteiger partial charge < -0.3 is 15.4 Å². The van der Waals surface area contributed by atoms with Crippen LogP contribution in [0, 0.1) is 5.92 Å². The van der Waals surface area contributed by atoms with Crippen LogP contribution in [0.4, 0.5) is 5.69 Å². The molecule has 1 amide bonds. The number of carbonyl (C=O) groups excluding carboxylic acids is 1. The van der Waals surface area contributed by atoms with Gasteiger partial charge >= 0.3 is 0 Å². The second-order valence-electron chi connectivity index (χ2n) is 6.17. The molecule has 2 aromatic rings. The number of nitrogens with one attached hydrogen (secondary N) is 2. The molecule has 0 aliphatic rings. The third kappa shape index (κ3) is 6.84. The van der Waals surface area contributed by atoms with Crippen molar-refractivity contribution in [1.82, 2.24) is 5.32 Å². The molecule has 0 saturated carbocycles. The summed E-state index contributed by atoms with van der Waals surface area (Å²) >= 11 is 0. The Kier molecular flexibility index (Phi) is 7.30. The number of benzene rings is 2. The van der Waals surface area contributed by atoms with Crippen LogP contribution in [-0.4, -0.2) is 19.0 Å². The van der Waals surface area contributed by atoms with Crippen LogP contribution in [0.5, 0.6) is 11.5 Å². The molecule has 0 aliphatic heterocycles. The normalized spacial score (nSPS) is 10.6. The highest BCUT2D eigenvalue weighted by atomic mass is 16.5. The molecule has 2 N–H and O–H groups in total. The average Bonchev–Trinajstić information content (AvgIpc) is 2.57. The van der Waals surface area contributed by atoms with Crippen molar-refractivity contribution >= 4 is 11.6 Å². The summed E-state index contributed by atoms with van der Waals surface area (Å²) in [5.74, 6) is 2.24. The Morgan fingerprint density at radius 2 is 1.62 bits per heavy atom. The third-order valence-electron chi connectivity index (χ3n) is 3.54. The van der Waals surface area contributed by atoms with Crippen molar-refractivity contribution in [1.29, 1.82) is 0 Å². The summed E-state index contributed by atoms with van der Waals surface area (Å²) < 4.78 is 5.73. The number of rotatable bonds is 9. The number of carbonyl (C=O) groups is 1. The van der Waals surface area contributed by atoms with Gasteiger partial charge in [0.05, 0.1) is 0 Å². The molecule has 0 bridgehead atoms. The fourth-order valence-corrected chi connectivity index (χ4v) is 2.17. The maximum atomic E-state index is 11.9. The molecule has 0 aromatic heterocycles. The molecule has 0 fully saturated rings. The molecule has 4 heteroatoms. The van der Waals surface area contributed by atoms with E-state index >= 15 is 0 Å². The molecule has 0 aliphatic carbocycles. The van der Waals surface area contributed by atoms with Crippen LogP contribution in [0.1, 0.15) is 26.7 Å². The van der Waals surface area contributed by atoms with E-state index in [0.717, 1.165) is 30.2 Å². The maximum Gasteiger partial charge on any atom is 0.225 e. The van der Waals surface area contributed by atoms with Gasteiger partial charge in [0.1, 0.15) is 11.5 Å². The zero-order chi connectivity index (χ0) is 17.2. The molecular weight excluding hydrogens is 300 g/mol. The number of para-hydroxylation sites is 1. The fourth-order valence-electron chi connectivity index (χ4n) is 2.17. The van der Waals surface area contributed by atoms with E-state index in [0.29, 0.717) is 18.9 Å². The Morgan fingerprint density at radius 3 is 2.29 bits per heavy atom. The molecule has 2 rings (SSSR count). The summed E-state index contributed by atoms with van der Waals surface area (Å²) in [7, 11) is 0. The highest BCUT2D eigenvalue weighted by Crippen LogP contribution is 2.22. The molecule has 4 nitrogen and oxygen atoms in total. The lowest BCUT2D eigenvalue weighted by Gasteiger charge is -2.09. The summed E-state index contributed by atoms with van der Waals surface area (Å²) in [6.07, 6.45) is 1.60. The Labute approximate surface area is 144 Å². The van der Waals surface area contributed by atoms with Gasteiger partial charge in [-0.1, -0.05) is 32.0 Å². The summed E-state index contributed by atoms with van der Waals surface area (Å²) in [5.41, 5.74) is 0.780. The van der Waals surface area contributed by atoms with Crippen molar-refractivity contribution < 1.29 is 9.53 Å². The van der Waals surface area contributed by atoms with Crippen molar-refractivity contribution in [3.8, 4) is 11.5 Å². The largest absolute Gasteiger partial charge is 0.457 e. The van der Waals surface area contributed by atoms with Crippen LogP contribution in [0.3, 0.4) is 0 Å². The van der Waals surface area contributed by atoms with Gasteiger partial charge in [-0.05, 0) is 55.3 Å². The van der Waals surface area contributed by atoms with Crippen LogP contribution < -0.4 is 15.4 Å². The van der Waals surface area contributed by atoms with Crippen molar-refractivity contribution in [2.24, 2.45) is 5.92 Å². The van der Waals surface area contributed by atoms with E-state index in [1.807, 2.05) is 54.6 Å². The monoisotopic (exact) mass is 326 g/mol. The molecule has 0 saturated heterocycles. The smallest absolute Gasteiger partial charge is 0.225 e. The first kappa shape index (κ1) is 18.0. The van der Waals surface area contributed by atoms with E-state index in [1.165, 1.54) is 0 Å². The van der Waals surface area contributed by atoms with Gasteiger partial charge in [0.2, 0.25) is 5.91 Å². The zero-order valence-corrected chi connectivity index (χ0v) is 14.4. The van der Waals surface area contributed by atoms with Gasteiger partial charge in [-0.2, -0.15) is 0 Å². The summed E-state index contributed by atoms with van der Waals surface area (Å²) in [6.45, 7) is 6.04. The van der Waals surface area contributed by atoms with Gasteiger partial charge in [-0.15, -0.1) is 0 Å². The molecule has 0 unspecified atom stereocenters. The van der Waals surface area contributed by atoms with E-state index < -0.39 is 0 Å². The first-order valence-electron chi connectivity index (χ1n) is 8.47. The van der Waals surface area contributed by atoms with Gasteiger partial charge in [0, 0.05) is 18.7 Å². The van der Waals surface area contributed by atoms with Crippen molar-refractivity contribution in [3.63, 3.8) is 0 Å². The van der Waals surface area contributed by atoms with E-state index in [1.54, 1.807) is 0 Å². The lowest BCUT2D eigenvalue weighted by molar-refractivity contribution is -0.116. The second kappa shape index (κ2) is 9.73. The molecule has 0 heterocycles. The number of anilines is 1. The number of amides is 1. The lowest BCUT2D eigenvalue weighted by Crippen LogP contribution is -2.23. The first-order valence-corrected chi connectivity index (χ1v) is 8.47. The van der Waals surface area contributed by atoms with Crippen LogP contribution in [0.2, 0.25) is 0 Å². The molecule has 0 radical (unpaired) electrons. The summed E-state index contributed by atoms with van der Waals surface area (Å²) in [4.78, 5) is 11.9. The first-order chi connectivity index (χ1) is 11.6. The topological polar surface area (TPSA) is 50.4 Å². The molecular formula is C20H26N2O2. The molecule has 0 spiro atoms. The Bertz CT molecular complexity index is 609. The standard InChI is InChI=1S/C20H26N2O2/c1-16(2)12-14-21-15-13-20(23)22-17-8-10-19(11-9-17)24-18-6-4-3-5-7-18/h3-11,16,21H,12-15H2,1-2H3,(H,22,23). The van der Waals surface area contributed by atoms with E-state index in [9.17, 15) is 4.79 Å². The van der Waals surface area contributed by atoms with E-state index in [2.05, 4.69) is 24.5 Å². The summed E-state index contributed by atoms with van der Waals surface area (Å²) in [5, 5.41) is 6.19. The SMILES string of the molecule is CC(C)CCNCCC(=O)Nc1ccc(Oc2ccccc2)cc1. The van der Waals surface area contributed by atoms with Crippen molar-refractivity contribution in [2.45, 2.75) is 26.7 Å². The summed E-state index contributed by atoms with van der Waals surface area (Å²) in [6, 6.07) is 17.0. The highest BCUT2D eigenvalue weighted by Gasteiger charge is 2.03. The predicted molar refractivity (Wildman–Crippen MR) is 98.5 cm³/mol. The van der Waals surface area contributed by atoms with Gasteiger partial charge in [0.15, 0.2) is 0 Å². The minimum Gasteiger partial charge on any atom is -0.457 e. The van der Waals surface area contributed by atoms with Crippen LogP contribution in [0.15, 0.2) is 54.6 Å². The lowest BCUT2D eigenvalue weighted by atomic mass is 10.1. The van der Waals surface area contributed by atoms with Gasteiger partial charge in [0.25, 0.3) is 0 Å². The van der Waals surface area contributed by atoms with Crippen LogP contribution >= 0.6 is 0 Å². The molecule has 128 valence electrons. The number of hydrogen-bond donors (Lipinski definition) is 2. The second-order valence-corrected chi connectivity index (χ2v) is 6.17. The Hall–Kier alpha value is -2.33. The van der Waals surface area contributed by atoms with E-state index in [-0.39, 0.29) is 5.91 Å². The van der Waals surface area contributed by atoms with Crippen molar-refractivity contribution in [3.05, 3.63) is 54.6 Å². The minimum atomic E-state index is 0.0174. The third-order valence-corrected chi connectivity index (χ3v) is 3.54. The van der Waals surface area contributed by atoms with E-state index in [4.69, 9.17) is 4.74 Å². The van der Waals surface area contributed by atoms with Crippen molar-refractivity contribution in [2.75, 3.05) is 18.4 Å². The molecule has 2 aromatic carbocycles. The Balaban J connectivity index is 1.72. The highest BCUT2D eigenvalue weighted by molar-refractivity contribution is 5.90. The fraction of sp³-hybridized carbons (Fsp3) is 0.350. The zero-order valence-electron chi connectivity index (χ0n) is 14.4. The predicted octanol–water partition coefficient (Wildman–Crippen LogP) is 4.44. The minimum absolute atomic E-state index is 0.0174.